The molecule has 5 nitrogen and oxygen atoms in total. The Kier molecular flexibility index (Phi) is 6.42. The van der Waals surface area contributed by atoms with Gasteiger partial charge in [0.05, 0.1) is 5.56 Å². The van der Waals surface area contributed by atoms with Crippen molar-refractivity contribution in [3.05, 3.63) is 58.7 Å². The normalized spacial score (nSPS) is 14.8. The third-order valence-corrected chi connectivity index (χ3v) is 5.02. The van der Waals surface area contributed by atoms with Crippen molar-refractivity contribution in [1.82, 2.24) is 9.88 Å². The Labute approximate surface area is 171 Å². The van der Waals surface area contributed by atoms with Gasteiger partial charge in [0.15, 0.2) is 5.78 Å². The molecule has 29 heavy (non-hydrogen) atoms. The first-order chi connectivity index (χ1) is 13.7. The molecule has 1 amide bonds. The van der Waals surface area contributed by atoms with E-state index in [0.29, 0.717) is 42.6 Å². The van der Waals surface area contributed by atoms with Crippen molar-refractivity contribution in [2.24, 2.45) is 0 Å². The monoisotopic (exact) mass is 425 g/mol. The zero-order valence-electron chi connectivity index (χ0n) is 15.5. The number of anilines is 1. The van der Waals surface area contributed by atoms with Gasteiger partial charge >= 0.3 is 6.18 Å². The van der Waals surface area contributed by atoms with Crippen LogP contribution in [0, 0.1) is 0 Å². The van der Waals surface area contributed by atoms with Gasteiger partial charge in [-0.15, -0.1) is 0 Å². The summed E-state index contributed by atoms with van der Waals surface area (Å²) in [6.07, 6.45) is -3.38. The summed E-state index contributed by atoms with van der Waals surface area (Å²) in [4.78, 5) is 31.9. The van der Waals surface area contributed by atoms with E-state index in [9.17, 15) is 22.8 Å². The highest BCUT2D eigenvalue weighted by atomic mass is 35.5. The van der Waals surface area contributed by atoms with Crippen molar-refractivity contribution in [2.75, 3.05) is 31.1 Å². The summed E-state index contributed by atoms with van der Waals surface area (Å²) in [7, 11) is 0. The van der Waals surface area contributed by atoms with E-state index in [2.05, 4.69) is 4.98 Å². The Morgan fingerprint density at radius 3 is 2.17 bits per heavy atom. The van der Waals surface area contributed by atoms with Crippen molar-refractivity contribution in [1.29, 1.82) is 0 Å². The van der Waals surface area contributed by atoms with Crippen LogP contribution in [0.5, 0.6) is 0 Å². The number of aromatic nitrogens is 1. The van der Waals surface area contributed by atoms with Crippen LogP contribution in [0.15, 0.2) is 42.6 Å². The first-order valence-electron chi connectivity index (χ1n) is 9.09. The third kappa shape index (κ3) is 5.47. The number of Topliss-reactive ketones (excluding diaryl/α,β-unsaturated/α-hetero) is 1. The first-order valence-corrected chi connectivity index (χ1v) is 9.46. The number of carbonyl (C=O) groups excluding carboxylic acids is 2. The molecule has 2 aromatic rings. The zero-order valence-corrected chi connectivity index (χ0v) is 16.2. The lowest BCUT2D eigenvalue weighted by Crippen LogP contribution is -2.49. The van der Waals surface area contributed by atoms with Crippen LogP contribution in [-0.4, -0.2) is 47.8 Å². The molecule has 1 aromatic heterocycles. The van der Waals surface area contributed by atoms with E-state index in [-0.39, 0.29) is 24.5 Å². The smallest absolute Gasteiger partial charge is 0.353 e. The summed E-state index contributed by atoms with van der Waals surface area (Å²) < 4.78 is 37.9. The molecule has 0 N–H and O–H groups in total. The second-order valence-corrected chi connectivity index (χ2v) is 7.14. The van der Waals surface area contributed by atoms with Crippen LogP contribution in [0.3, 0.4) is 0 Å². The quantitative estimate of drug-likeness (QED) is 0.678. The maximum absolute atomic E-state index is 12.6. The van der Waals surface area contributed by atoms with Crippen molar-refractivity contribution < 1.29 is 22.8 Å². The maximum Gasteiger partial charge on any atom is 0.417 e. The van der Waals surface area contributed by atoms with Gasteiger partial charge in [0.2, 0.25) is 5.91 Å². The highest BCUT2D eigenvalue weighted by Gasteiger charge is 2.31. The van der Waals surface area contributed by atoms with Crippen LogP contribution < -0.4 is 4.90 Å². The van der Waals surface area contributed by atoms with Crippen LogP contribution in [0.25, 0.3) is 0 Å². The lowest BCUT2D eigenvalue weighted by Gasteiger charge is -2.35. The Morgan fingerprint density at radius 2 is 1.62 bits per heavy atom. The minimum absolute atomic E-state index is 0.111. The molecule has 1 aromatic carbocycles. The molecule has 1 aliphatic heterocycles. The average molecular weight is 426 g/mol. The van der Waals surface area contributed by atoms with E-state index in [1.54, 1.807) is 29.2 Å². The highest BCUT2D eigenvalue weighted by molar-refractivity contribution is 6.30. The van der Waals surface area contributed by atoms with E-state index >= 15 is 0 Å². The van der Waals surface area contributed by atoms with E-state index in [1.807, 2.05) is 4.90 Å². The van der Waals surface area contributed by atoms with Gasteiger partial charge in [-0.05, 0) is 36.4 Å². The molecule has 0 spiro atoms. The van der Waals surface area contributed by atoms with Crippen LogP contribution in [0.4, 0.5) is 19.0 Å². The molecule has 0 radical (unpaired) electrons. The molecule has 0 unspecified atom stereocenters. The topological polar surface area (TPSA) is 53.5 Å². The minimum Gasteiger partial charge on any atom is -0.353 e. The van der Waals surface area contributed by atoms with Crippen molar-refractivity contribution >= 4 is 29.1 Å². The Balaban J connectivity index is 1.48. The minimum atomic E-state index is -4.42. The number of benzene rings is 1. The van der Waals surface area contributed by atoms with Gasteiger partial charge in [-0.25, -0.2) is 4.98 Å². The van der Waals surface area contributed by atoms with Gasteiger partial charge < -0.3 is 9.80 Å². The fourth-order valence-corrected chi connectivity index (χ4v) is 3.21. The van der Waals surface area contributed by atoms with Gasteiger partial charge in [-0.2, -0.15) is 13.2 Å². The molecule has 1 aliphatic rings. The number of rotatable bonds is 5. The second-order valence-electron chi connectivity index (χ2n) is 6.70. The number of hydrogen-bond donors (Lipinski definition) is 0. The molecule has 0 bridgehead atoms. The molecule has 2 heterocycles. The second kappa shape index (κ2) is 8.82. The molecular weight excluding hydrogens is 407 g/mol. The highest BCUT2D eigenvalue weighted by Crippen LogP contribution is 2.29. The molecule has 1 fully saturated rings. The number of nitrogens with zero attached hydrogens (tertiary/aromatic N) is 3. The first kappa shape index (κ1) is 21.1. The molecule has 154 valence electrons. The third-order valence-electron chi connectivity index (χ3n) is 4.76. The number of pyridine rings is 1. The number of piperazine rings is 1. The van der Waals surface area contributed by atoms with E-state index < -0.39 is 11.7 Å². The summed E-state index contributed by atoms with van der Waals surface area (Å²) in [6, 6.07) is 8.86. The van der Waals surface area contributed by atoms with E-state index in [4.69, 9.17) is 11.6 Å². The Bertz CT molecular complexity index is 862. The summed E-state index contributed by atoms with van der Waals surface area (Å²) >= 11 is 5.80. The molecule has 0 aliphatic carbocycles. The summed E-state index contributed by atoms with van der Waals surface area (Å²) in [5.41, 5.74) is -0.277. The molecule has 9 heteroatoms. The standard InChI is InChI=1S/C20H19ClF3N3O2/c21-16-4-1-14(2-5-16)17(28)6-8-19(29)27-11-9-26(10-12-27)18-7-3-15(13-25-18)20(22,23)24/h1-5,7,13H,6,8-12H2. The predicted molar refractivity (Wildman–Crippen MR) is 103 cm³/mol. The van der Waals surface area contributed by atoms with Crippen molar-refractivity contribution in [2.45, 2.75) is 19.0 Å². The fourth-order valence-electron chi connectivity index (χ4n) is 3.08. The fraction of sp³-hybridized carbons (Fsp3) is 0.350. The summed E-state index contributed by atoms with van der Waals surface area (Å²) in [5, 5.41) is 0.540. The maximum atomic E-state index is 12.6. The number of alkyl halides is 3. The molecule has 1 saturated heterocycles. The molecule has 3 rings (SSSR count). The lowest BCUT2D eigenvalue weighted by molar-refractivity contribution is -0.137. The number of hydrogen-bond acceptors (Lipinski definition) is 4. The zero-order chi connectivity index (χ0) is 21.0. The molecule has 0 saturated carbocycles. The largest absolute Gasteiger partial charge is 0.417 e. The predicted octanol–water partition coefficient (Wildman–Crippen LogP) is 4.07. The van der Waals surface area contributed by atoms with Gasteiger partial charge in [0, 0.05) is 55.8 Å². The number of halogens is 4. The summed E-state index contributed by atoms with van der Waals surface area (Å²) in [5.74, 6) is 0.206. The van der Waals surface area contributed by atoms with Crippen molar-refractivity contribution in [3.8, 4) is 0 Å². The number of ketones is 1. The van der Waals surface area contributed by atoms with Gasteiger partial charge in [-0.3, -0.25) is 9.59 Å². The van der Waals surface area contributed by atoms with Gasteiger partial charge in [-0.1, -0.05) is 11.6 Å². The molecule has 0 atom stereocenters. The van der Waals surface area contributed by atoms with Crippen LogP contribution in [0.1, 0.15) is 28.8 Å². The lowest BCUT2D eigenvalue weighted by atomic mass is 10.1. The summed E-state index contributed by atoms with van der Waals surface area (Å²) in [6.45, 7) is 1.79. The Morgan fingerprint density at radius 1 is 0.966 bits per heavy atom. The van der Waals surface area contributed by atoms with E-state index in [1.165, 1.54) is 6.07 Å². The van der Waals surface area contributed by atoms with Crippen LogP contribution in [0.2, 0.25) is 5.02 Å². The van der Waals surface area contributed by atoms with Gasteiger partial charge in [0.1, 0.15) is 5.82 Å². The van der Waals surface area contributed by atoms with E-state index in [0.717, 1.165) is 12.3 Å². The molecular formula is C20H19ClF3N3O2. The number of carbonyl (C=O) groups is 2. The van der Waals surface area contributed by atoms with Crippen molar-refractivity contribution in [3.63, 3.8) is 0 Å². The SMILES string of the molecule is O=C(CCC(=O)N1CCN(c2ccc(C(F)(F)F)cn2)CC1)c1ccc(Cl)cc1. The van der Waals surface area contributed by atoms with Gasteiger partial charge in [0.25, 0.3) is 0 Å². The van der Waals surface area contributed by atoms with Crippen LogP contribution >= 0.6 is 11.6 Å². The average Bonchev–Trinajstić information content (AvgIpc) is 2.72. The number of amides is 1. The van der Waals surface area contributed by atoms with Crippen LogP contribution in [-0.2, 0) is 11.0 Å². The Hall–Kier alpha value is -2.61.